The smallest absolute Gasteiger partial charge is 0.323 e. The van der Waals surface area contributed by atoms with Gasteiger partial charge in [-0.2, -0.15) is 0 Å². The van der Waals surface area contributed by atoms with Crippen molar-refractivity contribution in [2.24, 2.45) is 0 Å². The fraction of sp³-hybridized carbons (Fsp3) is 0.650. The Bertz CT molecular complexity index is 590. The Labute approximate surface area is 193 Å². The number of hydrogen-bond acceptors (Lipinski definition) is 7. The van der Waals surface area contributed by atoms with Gasteiger partial charge in [0.1, 0.15) is 12.6 Å². The van der Waals surface area contributed by atoms with Gasteiger partial charge in [-0.25, -0.2) is 0 Å². The summed E-state index contributed by atoms with van der Waals surface area (Å²) < 4.78 is 12.9. The molecule has 1 unspecified atom stereocenters. The van der Waals surface area contributed by atoms with Crippen LogP contribution in [0.3, 0.4) is 0 Å². The molecule has 0 aromatic rings. The Morgan fingerprint density at radius 3 is 2.27 bits per heavy atom. The van der Waals surface area contributed by atoms with Crippen molar-refractivity contribution in [2.45, 2.75) is 48.9 Å². The van der Waals surface area contributed by atoms with Crippen molar-refractivity contribution in [3.8, 4) is 0 Å². The molecule has 0 aliphatic carbocycles. The molecular formula is C20H30Cl3NO6. The van der Waals surface area contributed by atoms with E-state index in [0.717, 1.165) is 0 Å². The fourth-order valence-electron chi connectivity index (χ4n) is 2.50. The summed E-state index contributed by atoms with van der Waals surface area (Å²) in [5.74, 6) is -1.33. The van der Waals surface area contributed by atoms with Gasteiger partial charge in [-0.15, -0.1) is 0 Å². The van der Waals surface area contributed by atoms with Crippen LogP contribution >= 0.6 is 34.8 Å². The van der Waals surface area contributed by atoms with E-state index in [-0.39, 0.29) is 19.6 Å². The van der Waals surface area contributed by atoms with Gasteiger partial charge < -0.3 is 14.2 Å². The molecule has 0 heterocycles. The summed E-state index contributed by atoms with van der Waals surface area (Å²) in [6.45, 7) is 2.00. The first-order valence-corrected chi connectivity index (χ1v) is 10.7. The molecule has 0 aliphatic heterocycles. The predicted molar refractivity (Wildman–Crippen MR) is 118 cm³/mol. The maximum Gasteiger partial charge on any atom is 0.323 e. The lowest BCUT2D eigenvalue weighted by molar-refractivity contribution is -0.150. The first-order chi connectivity index (χ1) is 14.1. The van der Waals surface area contributed by atoms with Crippen LogP contribution in [0.2, 0.25) is 0 Å². The number of rotatable bonds is 14. The Hall–Kier alpha value is -1.28. The summed E-state index contributed by atoms with van der Waals surface area (Å²) in [4.78, 5) is 37.4. The molecule has 0 N–H and O–H groups in total. The van der Waals surface area contributed by atoms with Gasteiger partial charge in [-0.05, 0) is 32.7 Å². The van der Waals surface area contributed by atoms with Crippen molar-refractivity contribution in [3.05, 3.63) is 24.3 Å². The van der Waals surface area contributed by atoms with E-state index in [1.807, 2.05) is 31.2 Å². The number of halogens is 3. The molecule has 0 radical (unpaired) electrons. The molecule has 172 valence electrons. The number of allylic oxidation sites excluding steroid dienone is 3. The molecule has 0 saturated carbocycles. The van der Waals surface area contributed by atoms with Gasteiger partial charge in [0, 0.05) is 6.42 Å². The van der Waals surface area contributed by atoms with Crippen LogP contribution in [0.1, 0.15) is 39.0 Å². The van der Waals surface area contributed by atoms with Crippen molar-refractivity contribution >= 4 is 52.7 Å². The zero-order valence-corrected chi connectivity index (χ0v) is 19.8. The van der Waals surface area contributed by atoms with Crippen LogP contribution in [0.25, 0.3) is 0 Å². The van der Waals surface area contributed by atoms with E-state index in [1.54, 1.807) is 4.90 Å². The zero-order chi connectivity index (χ0) is 23.0. The largest absolute Gasteiger partial charge is 0.468 e. The molecule has 0 rings (SSSR count). The topological polar surface area (TPSA) is 82.1 Å². The molecule has 7 nitrogen and oxygen atoms in total. The number of alkyl halides is 3. The van der Waals surface area contributed by atoms with E-state index in [0.29, 0.717) is 32.2 Å². The standard InChI is InChI=1S/C20H30Cl3NO6/c1-4-5-6-8-11-16(19(27)29-3)24(14-18(26)28-2)13-10-7-9-12-17(25)30-15-20(21,22)23/h4-6,8,16H,7,9-15H2,1-3H3/b5-4+,8-6+. The number of unbranched alkanes of at least 4 members (excludes halogenated alkanes) is 2. The van der Waals surface area contributed by atoms with Crippen molar-refractivity contribution in [3.63, 3.8) is 0 Å². The third kappa shape index (κ3) is 14.7. The van der Waals surface area contributed by atoms with Crippen molar-refractivity contribution in [1.29, 1.82) is 0 Å². The van der Waals surface area contributed by atoms with Gasteiger partial charge >= 0.3 is 17.9 Å². The molecule has 0 bridgehead atoms. The van der Waals surface area contributed by atoms with Crippen LogP contribution in [-0.2, 0) is 28.6 Å². The van der Waals surface area contributed by atoms with Crippen LogP contribution in [0, 0.1) is 0 Å². The van der Waals surface area contributed by atoms with Crippen molar-refractivity contribution in [2.75, 3.05) is 33.9 Å². The monoisotopic (exact) mass is 485 g/mol. The van der Waals surface area contributed by atoms with Gasteiger partial charge in [0.05, 0.1) is 20.8 Å². The van der Waals surface area contributed by atoms with E-state index >= 15 is 0 Å². The van der Waals surface area contributed by atoms with Gasteiger partial charge in [-0.3, -0.25) is 19.3 Å². The lowest BCUT2D eigenvalue weighted by Gasteiger charge is -2.28. The lowest BCUT2D eigenvalue weighted by atomic mass is 10.1. The van der Waals surface area contributed by atoms with Gasteiger partial charge in [0.25, 0.3) is 0 Å². The minimum Gasteiger partial charge on any atom is -0.468 e. The maximum absolute atomic E-state index is 12.3. The summed E-state index contributed by atoms with van der Waals surface area (Å²) in [6, 6.07) is -0.621. The number of carbonyl (C=O) groups excluding carboxylic acids is 3. The van der Waals surface area contributed by atoms with E-state index in [4.69, 9.17) is 49.0 Å². The maximum atomic E-state index is 12.3. The number of hydrogen-bond donors (Lipinski definition) is 0. The second-order valence-corrected chi connectivity index (χ2v) is 8.88. The van der Waals surface area contributed by atoms with E-state index < -0.39 is 27.7 Å². The average molecular weight is 487 g/mol. The Kier molecular flexibility index (Phi) is 15.7. The molecule has 0 saturated heterocycles. The summed E-state index contributed by atoms with van der Waals surface area (Å²) in [6.07, 6.45) is 9.86. The molecule has 0 spiro atoms. The summed E-state index contributed by atoms with van der Waals surface area (Å²) >= 11 is 16.6. The average Bonchev–Trinajstić information content (AvgIpc) is 2.70. The van der Waals surface area contributed by atoms with Crippen LogP contribution in [0.4, 0.5) is 0 Å². The van der Waals surface area contributed by atoms with Crippen molar-refractivity contribution in [1.82, 2.24) is 4.90 Å². The van der Waals surface area contributed by atoms with Crippen LogP contribution in [-0.4, -0.2) is 66.6 Å². The Morgan fingerprint density at radius 2 is 1.70 bits per heavy atom. The van der Waals surface area contributed by atoms with E-state index in [2.05, 4.69) is 0 Å². The second-order valence-electron chi connectivity index (χ2n) is 6.36. The summed E-state index contributed by atoms with van der Waals surface area (Å²) in [5, 5.41) is 0. The molecule has 0 amide bonds. The van der Waals surface area contributed by atoms with Crippen LogP contribution in [0.5, 0.6) is 0 Å². The third-order valence-corrected chi connectivity index (χ3v) is 4.32. The highest BCUT2D eigenvalue weighted by Crippen LogP contribution is 2.26. The highest BCUT2D eigenvalue weighted by molar-refractivity contribution is 6.67. The predicted octanol–water partition coefficient (Wildman–Crippen LogP) is 4.00. The molecule has 10 heteroatoms. The molecule has 30 heavy (non-hydrogen) atoms. The van der Waals surface area contributed by atoms with Crippen molar-refractivity contribution < 1.29 is 28.6 Å². The minimum absolute atomic E-state index is 0.0426. The van der Waals surface area contributed by atoms with E-state index in [9.17, 15) is 14.4 Å². The van der Waals surface area contributed by atoms with Gasteiger partial charge in [0.15, 0.2) is 0 Å². The molecule has 1 atom stereocenters. The fourth-order valence-corrected chi connectivity index (χ4v) is 2.66. The number of ether oxygens (including phenoxy) is 3. The highest BCUT2D eigenvalue weighted by atomic mass is 35.6. The first kappa shape index (κ1) is 28.7. The summed E-state index contributed by atoms with van der Waals surface area (Å²) in [5.41, 5.74) is 0. The lowest BCUT2D eigenvalue weighted by Crippen LogP contribution is -2.45. The normalized spacial score (nSPS) is 13.0. The number of methoxy groups -OCH3 is 2. The molecule has 0 aliphatic rings. The third-order valence-electron chi connectivity index (χ3n) is 4.00. The Balaban J connectivity index is 4.73. The SMILES string of the molecule is C/C=C/C=C/CC(C(=O)OC)N(CCCCCC(=O)OCC(Cl)(Cl)Cl)CC(=O)OC. The second kappa shape index (κ2) is 16.4. The number of esters is 3. The van der Waals surface area contributed by atoms with Crippen LogP contribution < -0.4 is 0 Å². The van der Waals surface area contributed by atoms with Gasteiger partial charge in [-0.1, -0.05) is 65.5 Å². The number of nitrogens with zero attached hydrogens (tertiary/aromatic N) is 1. The first-order valence-electron chi connectivity index (χ1n) is 9.53. The zero-order valence-electron chi connectivity index (χ0n) is 17.6. The molecule has 0 aromatic heterocycles. The van der Waals surface area contributed by atoms with E-state index in [1.165, 1.54) is 14.2 Å². The highest BCUT2D eigenvalue weighted by Gasteiger charge is 2.27. The quantitative estimate of drug-likeness (QED) is 0.121. The molecular weight excluding hydrogens is 457 g/mol. The van der Waals surface area contributed by atoms with Crippen LogP contribution in [0.15, 0.2) is 24.3 Å². The molecule has 0 fully saturated rings. The molecule has 0 aromatic carbocycles. The minimum atomic E-state index is -1.63. The Morgan fingerprint density at radius 1 is 1.00 bits per heavy atom. The number of carbonyl (C=O) groups is 3. The summed E-state index contributed by atoms with van der Waals surface area (Å²) in [7, 11) is 2.60. The van der Waals surface area contributed by atoms with Gasteiger partial charge in [0.2, 0.25) is 3.79 Å².